The van der Waals surface area contributed by atoms with Crippen LogP contribution in [0.1, 0.15) is 17.2 Å². The van der Waals surface area contributed by atoms with E-state index in [0.29, 0.717) is 27.9 Å². The van der Waals surface area contributed by atoms with Crippen molar-refractivity contribution in [2.45, 2.75) is 17.8 Å². The van der Waals surface area contributed by atoms with Gasteiger partial charge in [-0.25, -0.2) is 4.39 Å². The van der Waals surface area contributed by atoms with E-state index in [-0.39, 0.29) is 32.3 Å². The van der Waals surface area contributed by atoms with Gasteiger partial charge in [0.05, 0.1) is 30.4 Å². The average Bonchev–Trinajstić information content (AvgIpc) is 3.14. The highest BCUT2D eigenvalue weighted by Crippen LogP contribution is 2.35. The molecular weight excluding hydrogens is 468 g/mol. The molecule has 3 aromatic rings. The van der Waals surface area contributed by atoms with Gasteiger partial charge in [-0.3, -0.25) is 14.5 Å². The third-order valence-corrected chi connectivity index (χ3v) is 5.91. The average molecular weight is 486 g/mol. The molecule has 2 saturated heterocycles. The molecule has 1 N–H and O–H groups in total. The number of pyridine rings is 1. The van der Waals surface area contributed by atoms with Crippen LogP contribution in [0.15, 0.2) is 48.9 Å². The highest BCUT2D eigenvalue weighted by molar-refractivity contribution is 5.94. The molecule has 2 fully saturated rings. The number of alkyl halides is 3. The van der Waals surface area contributed by atoms with Crippen LogP contribution in [0.25, 0.3) is 22.3 Å². The first-order chi connectivity index (χ1) is 16.6. The molecule has 35 heavy (non-hydrogen) atoms. The van der Waals surface area contributed by atoms with Crippen LogP contribution < -0.4 is 0 Å². The van der Waals surface area contributed by atoms with E-state index in [4.69, 9.17) is 4.74 Å². The number of halogens is 4. The van der Waals surface area contributed by atoms with Crippen molar-refractivity contribution in [3.05, 3.63) is 60.1 Å². The van der Waals surface area contributed by atoms with Crippen LogP contribution >= 0.6 is 0 Å². The number of rotatable bonds is 3. The lowest BCUT2D eigenvalue weighted by molar-refractivity contribution is -0.140. The van der Waals surface area contributed by atoms with Crippen LogP contribution in [-0.4, -0.2) is 62.6 Å². The molecule has 0 radical (unpaired) electrons. The van der Waals surface area contributed by atoms with Crippen molar-refractivity contribution < 1.29 is 32.2 Å². The van der Waals surface area contributed by atoms with Crippen molar-refractivity contribution in [3.8, 4) is 23.1 Å². The minimum absolute atomic E-state index is 0.0805. The molecule has 180 valence electrons. The van der Waals surface area contributed by atoms with Gasteiger partial charge >= 0.3 is 6.18 Å². The molecule has 2 aromatic heterocycles. The molecule has 2 aliphatic rings. The maximum atomic E-state index is 13.3. The van der Waals surface area contributed by atoms with Gasteiger partial charge < -0.3 is 14.7 Å². The van der Waals surface area contributed by atoms with Gasteiger partial charge in [0, 0.05) is 24.8 Å². The summed E-state index contributed by atoms with van der Waals surface area (Å²) in [5.74, 6) is 3.84. The molecule has 1 aromatic carbocycles. The van der Waals surface area contributed by atoms with Crippen molar-refractivity contribution in [1.82, 2.24) is 19.7 Å². The molecule has 0 unspecified atom stereocenters. The Hall–Kier alpha value is -3.75. The van der Waals surface area contributed by atoms with Gasteiger partial charge in [0.2, 0.25) is 0 Å². The zero-order valence-electron chi connectivity index (χ0n) is 18.1. The van der Waals surface area contributed by atoms with Crippen molar-refractivity contribution in [3.63, 3.8) is 0 Å². The Morgan fingerprint density at radius 1 is 1.20 bits per heavy atom. The second-order valence-corrected chi connectivity index (χ2v) is 8.47. The zero-order chi connectivity index (χ0) is 25.0. The van der Waals surface area contributed by atoms with E-state index >= 15 is 0 Å². The predicted molar refractivity (Wildman–Crippen MR) is 116 cm³/mol. The number of nitrogens with zero attached hydrogens (tertiary/aromatic N) is 4. The summed E-state index contributed by atoms with van der Waals surface area (Å²) in [7, 11) is 0. The molecule has 11 heteroatoms. The first-order valence-corrected chi connectivity index (χ1v) is 10.6. The summed E-state index contributed by atoms with van der Waals surface area (Å²) in [6, 6.07) is 5.85. The predicted octanol–water partition coefficient (Wildman–Crippen LogP) is 3.10. The van der Waals surface area contributed by atoms with Gasteiger partial charge in [-0.2, -0.15) is 18.3 Å². The third kappa shape index (κ3) is 4.15. The summed E-state index contributed by atoms with van der Waals surface area (Å²) < 4.78 is 58.9. The van der Waals surface area contributed by atoms with Crippen LogP contribution in [0, 0.1) is 11.8 Å². The van der Waals surface area contributed by atoms with Crippen LogP contribution in [0.3, 0.4) is 0 Å². The van der Waals surface area contributed by atoms with Crippen LogP contribution in [-0.2, 0) is 15.7 Å². The fraction of sp³-hybridized carbons (Fsp3) is 0.292. The first kappa shape index (κ1) is 23.0. The van der Waals surface area contributed by atoms with Crippen LogP contribution in [0.2, 0.25) is 0 Å². The Morgan fingerprint density at radius 2 is 1.89 bits per heavy atom. The number of carbonyl (C=O) groups excluding carboxylic acids is 1. The number of fused-ring (bicyclic) bond motifs is 1. The minimum Gasteiger partial charge on any atom is -0.373 e. The maximum absolute atomic E-state index is 13.3. The Morgan fingerprint density at radius 3 is 2.46 bits per heavy atom. The number of carbonyl (C=O) groups is 1. The fourth-order valence-electron chi connectivity index (χ4n) is 3.94. The molecule has 5 rings (SSSR count). The summed E-state index contributed by atoms with van der Waals surface area (Å²) in [6.45, 7) is 3.50. The standard InChI is InChI=1S/C24H18F4N4O3/c1-14(25)22(33)31-10-18(11-31)32-21-16(6-8-23(34)12-35-13-23)7-9-29-20(21)19(30-32)15-2-4-17(5-3-15)24(26,27)28/h2-5,7,9,18,34H,1,10-13H2. The number of amides is 1. The molecule has 0 aliphatic carbocycles. The number of hydrogen-bond acceptors (Lipinski definition) is 5. The summed E-state index contributed by atoms with van der Waals surface area (Å²) in [6.07, 6.45) is -2.98. The van der Waals surface area contributed by atoms with Gasteiger partial charge in [-0.05, 0) is 18.2 Å². The Balaban J connectivity index is 1.59. The number of aromatic nitrogens is 3. The van der Waals surface area contributed by atoms with E-state index < -0.39 is 29.1 Å². The lowest BCUT2D eigenvalue weighted by Crippen LogP contribution is -2.51. The number of likely N-dealkylation sites (tertiary alicyclic amines) is 1. The Kier molecular flexibility index (Phi) is 5.38. The summed E-state index contributed by atoms with van der Waals surface area (Å²) >= 11 is 0. The normalized spacial score (nSPS) is 17.3. The number of hydrogen-bond donors (Lipinski definition) is 1. The molecule has 2 aliphatic heterocycles. The van der Waals surface area contributed by atoms with Gasteiger partial charge in [0.1, 0.15) is 16.7 Å². The van der Waals surface area contributed by atoms with E-state index in [9.17, 15) is 27.5 Å². The van der Waals surface area contributed by atoms with Crippen LogP contribution in [0.5, 0.6) is 0 Å². The quantitative estimate of drug-likeness (QED) is 0.350. The number of ether oxygens (including phenoxy) is 1. The lowest BCUT2D eigenvalue weighted by Gasteiger charge is -2.39. The van der Waals surface area contributed by atoms with E-state index in [2.05, 4.69) is 28.5 Å². The summed E-state index contributed by atoms with van der Waals surface area (Å²) in [5.41, 5.74) is 0.0685. The molecule has 0 atom stereocenters. The van der Waals surface area contributed by atoms with Gasteiger partial charge in [0.25, 0.3) is 5.91 Å². The fourth-order valence-corrected chi connectivity index (χ4v) is 3.94. The van der Waals surface area contributed by atoms with Gasteiger partial charge in [0.15, 0.2) is 11.4 Å². The molecular formula is C24H18F4N4O3. The second-order valence-electron chi connectivity index (χ2n) is 8.47. The highest BCUT2D eigenvalue weighted by atomic mass is 19.4. The topological polar surface area (TPSA) is 80.5 Å². The van der Waals surface area contributed by atoms with Crippen LogP contribution in [0.4, 0.5) is 17.6 Å². The highest BCUT2D eigenvalue weighted by Gasteiger charge is 2.37. The van der Waals surface area contributed by atoms with Crippen molar-refractivity contribution >= 4 is 16.9 Å². The second kappa shape index (κ2) is 8.18. The Labute approximate surface area is 196 Å². The van der Waals surface area contributed by atoms with Crippen molar-refractivity contribution in [1.29, 1.82) is 0 Å². The first-order valence-electron chi connectivity index (χ1n) is 10.6. The summed E-state index contributed by atoms with van der Waals surface area (Å²) in [5, 5.41) is 14.9. The molecule has 4 heterocycles. The summed E-state index contributed by atoms with van der Waals surface area (Å²) in [4.78, 5) is 17.5. The van der Waals surface area contributed by atoms with Gasteiger partial charge in [-0.15, -0.1) is 0 Å². The molecule has 0 saturated carbocycles. The van der Waals surface area contributed by atoms with E-state index in [1.807, 2.05) is 0 Å². The minimum atomic E-state index is -4.48. The van der Waals surface area contributed by atoms with E-state index in [1.165, 1.54) is 23.2 Å². The molecule has 0 bridgehead atoms. The van der Waals surface area contributed by atoms with Crippen molar-refractivity contribution in [2.75, 3.05) is 26.3 Å². The smallest absolute Gasteiger partial charge is 0.373 e. The SMILES string of the molecule is C=C(F)C(=O)N1CC(n2nc(-c3ccc(C(F)(F)F)cc3)c3nccc(C#CC4(O)COC4)c32)C1. The van der Waals surface area contributed by atoms with Crippen molar-refractivity contribution in [2.24, 2.45) is 0 Å². The largest absolute Gasteiger partial charge is 0.416 e. The monoisotopic (exact) mass is 486 g/mol. The molecule has 1 amide bonds. The van der Waals surface area contributed by atoms with E-state index in [1.54, 1.807) is 10.7 Å². The maximum Gasteiger partial charge on any atom is 0.416 e. The molecule has 7 nitrogen and oxygen atoms in total. The Bertz CT molecular complexity index is 1390. The number of aliphatic hydroxyl groups is 1. The number of benzene rings is 1. The third-order valence-electron chi connectivity index (χ3n) is 5.91. The zero-order valence-corrected chi connectivity index (χ0v) is 18.1. The van der Waals surface area contributed by atoms with Gasteiger partial charge in [-0.1, -0.05) is 30.6 Å². The molecule has 0 spiro atoms. The lowest BCUT2D eigenvalue weighted by atomic mass is 10.0. The van der Waals surface area contributed by atoms with E-state index in [0.717, 1.165) is 12.1 Å².